The van der Waals surface area contributed by atoms with Crippen LogP contribution >= 0.6 is 75.3 Å². The Kier molecular flexibility index (Phi) is 25.4. The Bertz CT molecular complexity index is 2550. The zero-order valence-corrected chi connectivity index (χ0v) is 43.8. The lowest BCUT2D eigenvalue weighted by atomic mass is 10.2. The number of furan rings is 10. The molecule has 0 aliphatic carbocycles. The van der Waals surface area contributed by atoms with Crippen LogP contribution in [0.5, 0.6) is 0 Å². The van der Waals surface area contributed by atoms with Crippen LogP contribution in [0.3, 0.4) is 0 Å². The Balaban J connectivity index is 0.000000356. The van der Waals surface area contributed by atoms with Crippen LogP contribution in [0.4, 0.5) is 0 Å². The van der Waals surface area contributed by atoms with Crippen molar-refractivity contribution in [1.29, 1.82) is 0 Å². The van der Waals surface area contributed by atoms with Crippen molar-refractivity contribution in [2.24, 2.45) is 0 Å². The van der Waals surface area contributed by atoms with E-state index in [1.165, 1.54) is 0 Å². The first-order valence-electron chi connectivity index (χ1n) is 19.5. The van der Waals surface area contributed by atoms with E-state index in [1.54, 1.807) is 24.9 Å². The van der Waals surface area contributed by atoms with Gasteiger partial charge in [0.2, 0.25) is 0 Å². The van der Waals surface area contributed by atoms with Crippen molar-refractivity contribution in [3.8, 4) is 0 Å². The lowest BCUT2D eigenvalue weighted by Gasteiger charge is -1.82. The molecule has 0 aliphatic heterocycles. The molecule has 15 heteroatoms. The third-order valence-electron chi connectivity index (χ3n) is 7.22. The summed E-state index contributed by atoms with van der Waals surface area (Å²) in [5.74, 6) is 4.61. The summed E-state index contributed by atoms with van der Waals surface area (Å²) in [7, 11) is 0. The number of halogens is 5. The Hall–Kier alpha value is -3.69. The largest absolute Gasteiger partial charge is 0.433 e. The van der Waals surface area contributed by atoms with Crippen molar-refractivity contribution < 1.29 is 44.2 Å². The van der Waals surface area contributed by atoms with Crippen molar-refractivity contribution in [2.75, 3.05) is 0 Å². The monoisotopic (exact) mass is 1110 g/mol. The van der Waals surface area contributed by atoms with Gasteiger partial charge in [0, 0.05) is 35.4 Å². The van der Waals surface area contributed by atoms with E-state index in [-0.39, 0.29) is 0 Å². The molecule has 10 rings (SSSR count). The number of hydrogen-bond acceptors (Lipinski definition) is 10. The molecule has 0 aromatic carbocycles. The maximum atomic E-state index is 5.62. The molecule has 0 fully saturated rings. The lowest BCUT2D eigenvalue weighted by Crippen LogP contribution is -1.67. The van der Waals surface area contributed by atoms with Gasteiger partial charge in [0.1, 0.15) is 11.5 Å². The minimum atomic E-state index is 0.377. The summed E-state index contributed by atoms with van der Waals surface area (Å²) in [4.78, 5) is 0. The molecule has 60 heavy (non-hydrogen) atoms. The summed E-state index contributed by atoms with van der Waals surface area (Å²) in [6, 6.07) is 13.1. The van der Waals surface area contributed by atoms with Crippen molar-refractivity contribution in [1.82, 2.24) is 0 Å². The van der Waals surface area contributed by atoms with E-state index in [1.807, 2.05) is 140 Å². The summed E-state index contributed by atoms with van der Waals surface area (Å²) in [6.07, 6.45) is 4.90. The molecule has 330 valence electrons. The fraction of sp³-hybridized carbons (Fsp3) is 0.333. The predicted molar refractivity (Wildman–Crippen MR) is 259 cm³/mol. The molecule has 0 bridgehead atoms. The molecule has 10 heterocycles. The van der Waals surface area contributed by atoms with Crippen LogP contribution < -0.4 is 0 Å². The molecule has 0 unspecified atom stereocenters. The average Bonchev–Trinajstić information content (AvgIpc) is 4.13. The Morgan fingerprint density at radius 1 is 0.433 bits per heavy atom. The number of aryl methyl sites for hydroxylation is 5. The summed E-state index contributed by atoms with van der Waals surface area (Å²) in [5, 5.41) is 5.40. The molecule has 0 saturated carbocycles. The Morgan fingerprint density at radius 2 is 0.967 bits per heavy atom. The second-order valence-electron chi connectivity index (χ2n) is 10.7. The van der Waals surface area contributed by atoms with Crippen molar-refractivity contribution in [3.63, 3.8) is 0 Å². The van der Waals surface area contributed by atoms with E-state index in [0.29, 0.717) is 48.1 Å². The molecule has 0 spiro atoms. The highest BCUT2D eigenvalue weighted by Crippen LogP contribution is 2.31. The summed E-state index contributed by atoms with van der Waals surface area (Å²) in [6.45, 7) is 29.7. The summed E-state index contributed by atoms with van der Waals surface area (Å²) < 4.78 is 54.0. The number of rotatable bonds is 0. The fourth-order valence-corrected chi connectivity index (χ4v) is 6.29. The van der Waals surface area contributed by atoms with Crippen molar-refractivity contribution in [2.45, 2.75) is 104 Å². The molecule has 0 amide bonds. The van der Waals surface area contributed by atoms with Gasteiger partial charge in [-0.3, -0.25) is 0 Å². The molecule has 0 N–H and O–H groups in total. The molecular formula is C45H55Br4ClO10. The highest BCUT2D eigenvalue weighted by molar-refractivity contribution is 9.11. The normalized spacial score (nSPS) is 9.67. The van der Waals surface area contributed by atoms with Crippen LogP contribution in [0.25, 0.3) is 55.8 Å². The number of hydrogen-bond donors (Lipinski definition) is 0. The van der Waals surface area contributed by atoms with Gasteiger partial charge < -0.3 is 44.2 Å². The highest BCUT2D eigenvalue weighted by atomic mass is 79.9. The maximum Gasteiger partial charge on any atom is 0.298 e. The van der Waals surface area contributed by atoms with Gasteiger partial charge in [-0.2, -0.15) is 0 Å². The van der Waals surface area contributed by atoms with Crippen LogP contribution in [-0.4, -0.2) is 0 Å². The molecule has 0 atom stereocenters. The van der Waals surface area contributed by atoms with Crippen LogP contribution in [0.2, 0.25) is 5.22 Å². The highest BCUT2D eigenvalue weighted by Gasteiger charge is 2.12. The van der Waals surface area contributed by atoms with Gasteiger partial charge in [-0.1, -0.05) is 69.2 Å². The Labute approximate surface area is 389 Å². The van der Waals surface area contributed by atoms with Gasteiger partial charge in [-0.25, -0.2) is 0 Å². The first-order valence-corrected chi connectivity index (χ1v) is 23.1. The second kappa shape index (κ2) is 28.0. The third kappa shape index (κ3) is 15.0. The van der Waals surface area contributed by atoms with Gasteiger partial charge in [0.05, 0.1) is 45.7 Å². The molecule has 0 aliphatic rings. The molecule has 10 nitrogen and oxygen atoms in total. The van der Waals surface area contributed by atoms with E-state index in [2.05, 4.69) is 63.7 Å². The molecule has 0 radical (unpaired) electrons. The van der Waals surface area contributed by atoms with Gasteiger partial charge in [-0.15, -0.1) is 0 Å². The minimum absolute atomic E-state index is 0.377. The average molecular weight is 1110 g/mol. The minimum Gasteiger partial charge on any atom is -0.433 e. The maximum absolute atomic E-state index is 5.62. The molecular weight excluding hydrogens is 1060 g/mol. The van der Waals surface area contributed by atoms with Gasteiger partial charge in [0.15, 0.2) is 23.9 Å². The zero-order valence-electron chi connectivity index (χ0n) is 36.7. The molecule has 10 aromatic rings. The number of fused-ring (bicyclic) bond motifs is 5. The van der Waals surface area contributed by atoms with E-state index in [9.17, 15) is 0 Å². The fourth-order valence-electron chi connectivity index (χ4n) is 4.59. The van der Waals surface area contributed by atoms with Gasteiger partial charge in [0.25, 0.3) is 28.9 Å². The Morgan fingerprint density at radius 3 is 1.53 bits per heavy atom. The summed E-state index contributed by atoms with van der Waals surface area (Å²) in [5.41, 5.74) is 3.28. The quantitative estimate of drug-likeness (QED) is 0.145. The smallest absolute Gasteiger partial charge is 0.298 e. The van der Waals surface area contributed by atoms with Crippen LogP contribution in [-0.2, 0) is 0 Å². The van der Waals surface area contributed by atoms with Crippen LogP contribution in [0.1, 0.15) is 97.4 Å². The predicted octanol–water partition coefficient (Wildman–Crippen LogP) is 20.5. The van der Waals surface area contributed by atoms with Crippen molar-refractivity contribution in [3.05, 3.63) is 113 Å². The lowest BCUT2D eigenvalue weighted by molar-refractivity contribution is 0.451. The molecule has 10 aromatic heterocycles. The third-order valence-corrected chi connectivity index (χ3v) is 9.33. The molecule has 0 saturated heterocycles. The van der Waals surface area contributed by atoms with Gasteiger partial charge >= 0.3 is 0 Å². The first kappa shape index (κ1) is 54.3. The van der Waals surface area contributed by atoms with Crippen molar-refractivity contribution >= 4 is 131 Å². The van der Waals surface area contributed by atoms with E-state index >= 15 is 0 Å². The van der Waals surface area contributed by atoms with Crippen LogP contribution in [0, 0.1) is 34.6 Å². The van der Waals surface area contributed by atoms with E-state index in [0.717, 1.165) is 59.8 Å². The SMILES string of the molecule is Brc1cc2ccoc2o1.CC.CC.CC.CC.CC.Cc1c(Br)oc2occc12.Cc1cc2cc(Br)oc2o1.Cc1coc2oc(Br)cc12.Cc1oc2oc(Cl)cc2c1C. The summed E-state index contributed by atoms with van der Waals surface area (Å²) >= 11 is 18.5. The van der Waals surface area contributed by atoms with E-state index in [4.69, 9.17) is 55.8 Å². The topological polar surface area (TPSA) is 131 Å². The van der Waals surface area contributed by atoms with Crippen LogP contribution in [0.15, 0.2) is 124 Å². The first-order chi connectivity index (χ1) is 28.9. The van der Waals surface area contributed by atoms with E-state index < -0.39 is 0 Å². The standard InChI is InChI=1S/C8H7ClO2.3C7H5BrO2.C6H3BrO2.5C2H6/c1-4-5(2)10-8-6(4)3-7(9)11-8;1-4-3-9-7-5(4)2-6(8)10-7;1-4-2-5-3-6(8)10-7(5)9-4;1-4-5-2-3-9-7(5)10-6(4)8;7-5-3-4-1-2-8-6(4)9-5;5*1-2/h3H,1-2H3;3*2-3H,1H3;1-3H;5*1-2H3. The second-order valence-corrected chi connectivity index (χ2v) is 14.1. The zero-order chi connectivity index (χ0) is 45.7. The van der Waals surface area contributed by atoms with Gasteiger partial charge in [-0.05, 0) is 134 Å².